The fourth-order valence-electron chi connectivity index (χ4n) is 3.63. The van der Waals surface area contributed by atoms with Crippen LogP contribution in [0.1, 0.15) is 54.4 Å². The van der Waals surface area contributed by atoms with Gasteiger partial charge in [0.2, 0.25) is 0 Å². The van der Waals surface area contributed by atoms with Gasteiger partial charge < -0.3 is 0 Å². The highest BCUT2D eigenvalue weighted by Crippen LogP contribution is 2.48. The molecule has 2 atom stereocenters. The highest BCUT2D eigenvalue weighted by atomic mass is 14.4. The van der Waals surface area contributed by atoms with Crippen LogP contribution in [0.15, 0.2) is 46.6 Å². The van der Waals surface area contributed by atoms with Crippen molar-refractivity contribution in [3.63, 3.8) is 0 Å². The standard InChI is InChI=1S/C19H28/c1-7-15-9-13(3)11-17(15)19(5,6)18-12-14(4)10-16(18)8-2/h9-14H,7-8H2,1-6H3. The minimum Gasteiger partial charge on any atom is -0.0744 e. The van der Waals surface area contributed by atoms with E-state index in [1.807, 2.05) is 0 Å². The molecule has 0 spiro atoms. The minimum atomic E-state index is 0.152. The number of hydrogen-bond acceptors (Lipinski definition) is 0. The Kier molecular flexibility index (Phi) is 3.90. The molecule has 0 fully saturated rings. The maximum atomic E-state index is 2.47. The molecule has 19 heavy (non-hydrogen) atoms. The third kappa shape index (κ3) is 2.50. The summed E-state index contributed by atoms with van der Waals surface area (Å²) in [4.78, 5) is 0. The molecule has 2 unspecified atom stereocenters. The molecule has 0 aromatic rings. The Balaban J connectivity index is 2.39. The predicted octanol–water partition coefficient (Wildman–Crippen LogP) is 5.84. The van der Waals surface area contributed by atoms with Gasteiger partial charge in [0.25, 0.3) is 0 Å². The van der Waals surface area contributed by atoms with E-state index in [-0.39, 0.29) is 5.41 Å². The summed E-state index contributed by atoms with van der Waals surface area (Å²) >= 11 is 0. The molecule has 0 nitrogen and oxygen atoms in total. The van der Waals surface area contributed by atoms with Crippen LogP contribution in [0.3, 0.4) is 0 Å². The number of allylic oxidation sites excluding steroid dienone is 8. The van der Waals surface area contributed by atoms with Gasteiger partial charge in [0.1, 0.15) is 0 Å². The highest BCUT2D eigenvalue weighted by Gasteiger charge is 2.34. The molecule has 0 aromatic heterocycles. The van der Waals surface area contributed by atoms with Crippen LogP contribution in [0.4, 0.5) is 0 Å². The Hall–Kier alpha value is -1.04. The van der Waals surface area contributed by atoms with Crippen molar-refractivity contribution < 1.29 is 0 Å². The lowest BCUT2D eigenvalue weighted by Gasteiger charge is -2.32. The molecule has 0 heterocycles. The summed E-state index contributed by atoms with van der Waals surface area (Å²) in [6.45, 7) is 13.9. The van der Waals surface area contributed by atoms with Crippen molar-refractivity contribution in [2.45, 2.75) is 54.4 Å². The summed E-state index contributed by atoms with van der Waals surface area (Å²) in [6, 6.07) is 0. The monoisotopic (exact) mass is 256 g/mol. The molecule has 2 rings (SSSR count). The van der Waals surface area contributed by atoms with Gasteiger partial charge in [-0.1, -0.05) is 65.8 Å². The lowest BCUT2D eigenvalue weighted by atomic mass is 9.72. The van der Waals surface area contributed by atoms with E-state index >= 15 is 0 Å². The normalized spacial score (nSPS) is 27.1. The fourth-order valence-corrected chi connectivity index (χ4v) is 3.63. The number of rotatable bonds is 4. The zero-order valence-electron chi connectivity index (χ0n) is 13.4. The molecular formula is C19H28. The molecule has 2 aliphatic carbocycles. The Morgan fingerprint density at radius 1 is 0.789 bits per heavy atom. The van der Waals surface area contributed by atoms with Crippen LogP contribution in [0.2, 0.25) is 0 Å². The van der Waals surface area contributed by atoms with Gasteiger partial charge in [0, 0.05) is 5.41 Å². The molecule has 0 saturated carbocycles. The summed E-state index contributed by atoms with van der Waals surface area (Å²) in [6.07, 6.45) is 12.1. The topological polar surface area (TPSA) is 0 Å². The lowest BCUT2D eigenvalue weighted by Crippen LogP contribution is -2.19. The van der Waals surface area contributed by atoms with Gasteiger partial charge in [-0.15, -0.1) is 0 Å². The summed E-state index contributed by atoms with van der Waals surface area (Å²) in [7, 11) is 0. The van der Waals surface area contributed by atoms with Gasteiger partial charge in [0.15, 0.2) is 0 Å². The van der Waals surface area contributed by atoms with Crippen molar-refractivity contribution in [2.75, 3.05) is 0 Å². The van der Waals surface area contributed by atoms with Crippen LogP contribution < -0.4 is 0 Å². The van der Waals surface area contributed by atoms with Crippen molar-refractivity contribution in [3.05, 3.63) is 46.6 Å². The first-order chi connectivity index (χ1) is 8.90. The quantitative estimate of drug-likeness (QED) is 0.593. The Labute approximate surface area is 119 Å². The van der Waals surface area contributed by atoms with Crippen molar-refractivity contribution in [3.8, 4) is 0 Å². The van der Waals surface area contributed by atoms with E-state index in [1.54, 1.807) is 22.3 Å². The van der Waals surface area contributed by atoms with Crippen LogP contribution in [0.5, 0.6) is 0 Å². The molecule has 0 amide bonds. The van der Waals surface area contributed by atoms with Crippen LogP contribution in [-0.2, 0) is 0 Å². The second-order valence-corrected chi connectivity index (χ2v) is 6.59. The van der Waals surface area contributed by atoms with Gasteiger partial charge in [-0.2, -0.15) is 0 Å². The van der Waals surface area contributed by atoms with Gasteiger partial charge in [-0.3, -0.25) is 0 Å². The van der Waals surface area contributed by atoms with E-state index in [0.29, 0.717) is 11.8 Å². The zero-order chi connectivity index (χ0) is 14.2. The van der Waals surface area contributed by atoms with Crippen LogP contribution in [-0.4, -0.2) is 0 Å². The highest BCUT2D eigenvalue weighted by molar-refractivity contribution is 5.53. The van der Waals surface area contributed by atoms with E-state index in [4.69, 9.17) is 0 Å². The average molecular weight is 256 g/mol. The van der Waals surface area contributed by atoms with Crippen molar-refractivity contribution in [1.29, 1.82) is 0 Å². The second-order valence-electron chi connectivity index (χ2n) is 6.59. The Morgan fingerprint density at radius 3 is 1.47 bits per heavy atom. The number of hydrogen-bond donors (Lipinski definition) is 0. The lowest BCUT2D eigenvalue weighted by molar-refractivity contribution is 0.545. The maximum absolute atomic E-state index is 2.47. The third-order valence-corrected chi connectivity index (χ3v) is 4.59. The molecule has 0 aromatic carbocycles. The fraction of sp³-hybridized carbons (Fsp3) is 0.579. The molecule has 0 heteroatoms. The first kappa shape index (κ1) is 14.4. The third-order valence-electron chi connectivity index (χ3n) is 4.59. The van der Waals surface area contributed by atoms with E-state index in [2.05, 4.69) is 65.8 Å². The van der Waals surface area contributed by atoms with Crippen molar-refractivity contribution >= 4 is 0 Å². The summed E-state index contributed by atoms with van der Waals surface area (Å²) < 4.78 is 0. The minimum absolute atomic E-state index is 0.152. The molecule has 0 radical (unpaired) electrons. The Morgan fingerprint density at radius 2 is 1.16 bits per heavy atom. The Bertz CT molecular complexity index is 436. The first-order valence-electron chi connectivity index (χ1n) is 7.76. The van der Waals surface area contributed by atoms with E-state index < -0.39 is 0 Å². The molecule has 0 N–H and O–H groups in total. The van der Waals surface area contributed by atoms with Crippen LogP contribution >= 0.6 is 0 Å². The van der Waals surface area contributed by atoms with Gasteiger partial charge in [-0.25, -0.2) is 0 Å². The molecule has 2 aliphatic rings. The molecule has 0 bridgehead atoms. The van der Waals surface area contributed by atoms with Crippen LogP contribution in [0.25, 0.3) is 0 Å². The van der Waals surface area contributed by atoms with Gasteiger partial charge in [0.05, 0.1) is 0 Å². The molecule has 0 aliphatic heterocycles. The molecule has 0 saturated heterocycles. The summed E-state index contributed by atoms with van der Waals surface area (Å²) in [5.41, 5.74) is 6.37. The largest absolute Gasteiger partial charge is 0.0744 e. The van der Waals surface area contributed by atoms with Gasteiger partial charge in [-0.05, 0) is 47.0 Å². The predicted molar refractivity (Wildman–Crippen MR) is 85.0 cm³/mol. The average Bonchev–Trinajstić information content (AvgIpc) is 2.92. The zero-order valence-corrected chi connectivity index (χ0v) is 13.4. The van der Waals surface area contributed by atoms with Crippen LogP contribution in [0, 0.1) is 17.3 Å². The summed E-state index contributed by atoms with van der Waals surface area (Å²) in [5.74, 6) is 1.19. The maximum Gasteiger partial charge on any atom is 0.0145 e. The van der Waals surface area contributed by atoms with E-state index in [1.165, 1.54) is 0 Å². The van der Waals surface area contributed by atoms with E-state index in [0.717, 1.165) is 12.8 Å². The summed E-state index contributed by atoms with van der Waals surface area (Å²) in [5, 5.41) is 0. The van der Waals surface area contributed by atoms with E-state index in [9.17, 15) is 0 Å². The molecule has 104 valence electrons. The second kappa shape index (κ2) is 5.15. The molecular weight excluding hydrogens is 228 g/mol. The van der Waals surface area contributed by atoms with Crippen molar-refractivity contribution in [2.24, 2.45) is 17.3 Å². The van der Waals surface area contributed by atoms with Crippen molar-refractivity contribution in [1.82, 2.24) is 0 Å². The smallest absolute Gasteiger partial charge is 0.0145 e. The van der Waals surface area contributed by atoms with Gasteiger partial charge >= 0.3 is 0 Å². The SMILES string of the molecule is CCC1=CC(C)C=C1C(C)(C)C1=CC(C)C=C1CC. The first-order valence-corrected chi connectivity index (χ1v) is 7.76.